The molecule has 1 aromatic carbocycles. The quantitative estimate of drug-likeness (QED) is 0.723. The van der Waals surface area contributed by atoms with E-state index in [2.05, 4.69) is 11.9 Å². The Kier molecular flexibility index (Phi) is 2.90. The van der Waals surface area contributed by atoms with Gasteiger partial charge >= 0.3 is 6.09 Å². The number of amides is 1. The van der Waals surface area contributed by atoms with Gasteiger partial charge in [0.1, 0.15) is 5.75 Å². The molecule has 0 aliphatic heterocycles. The maximum Gasteiger partial charge on any atom is 0.416 e. The minimum Gasteiger partial charge on any atom is -0.410 e. The zero-order chi connectivity index (χ0) is 8.81. The SMILES string of the molecule is C=CNC(=O)Oc1ccccc1. The van der Waals surface area contributed by atoms with Gasteiger partial charge in [-0.2, -0.15) is 0 Å². The molecule has 0 spiro atoms. The van der Waals surface area contributed by atoms with Gasteiger partial charge < -0.3 is 4.74 Å². The van der Waals surface area contributed by atoms with Crippen molar-refractivity contribution in [3.8, 4) is 5.75 Å². The van der Waals surface area contributed by atoms with E-state index in [1.54, 1.807) is 24.3 Å². The smallest absolute Gasteiger partial charge is 0.410 e. The van der Waals surface area contributed by atoms with Crippen LogP contribution >= 0.6 is 0 Å². The number of ether oxygens (including phenoxy) is 1. The Morgan fingerprint density at radius 1 is 1.42 bits per heavy atom. The molecule has 0 radical (unpaired) electrons. The molecule has 0 bridgehead atoms. The van der Waals surface area contributed by atoms with Crippen molar-refractivity contribution in [2.45, 2.75) is 0 Å². The van der Waals surface area contributed by atoms with E-state index in [4.69, 9.17) is 4.74 Å². The summed E-state index contributed by atoms with van der Waals surface area (Å²) in [5, 5.41) is 2.30. The number of benzene rings is 1. The number of carbonyl (C=O) groups is 1. The molecule has 1 N–H and O–H groups in total. The molecule has 0 atom stereocenters. The predicted molar refractivity (Wildman–Crippen MR) is 45.8 cm³/mol. The van der Waals surface area contributed by atoms with Gasteiger partial charge in [0.15, 0.2) is 0 Å². The maximum atomic E-state index is 10.8. The summed E-state index contributed by atoms with van der Waals surface area (Å²) >= 11 is 0. The molecule has 0 aliphatic carbocycles. The van der Waals surface area contributed by atoms with Crippen LogP contribution in [0, 0.1) is 0 Å². The van der Waals surface area contributed by atoms with Crippen LogP contribution in [0.25, 0.3) is 0 Å². The maximum absolute atomic E-state index is 10.8. The summed E-state index contributed by atoms with van der Waals surface area (Å²) in [4.78, 5) is 10.8. The standard InChI is InChI=1S/C9H9NO2/c1-2-10-9(11)12-8-6-4-3-5-7-8/h2-7H,1H2,(H,10,11). The van der Waals surface area contributed by atoms with Gasteiger partial charge in [-0.25, -0.2) is 4.79 Å². The lowest BCUT2D eigenvalue weighted by Crippen LogP contribution is -2.20. The molecule has 0 unspecified atom stereocenters. The largest absolute Gasteiger partial charge is 0.416 e. The van der Waals surface area contributed by atoms with Crippen molar-refractivity contribution in [2.75, 3.05) is 0 Å². The third-order valence-corrected chi connectivity index (χ3v) is 1.17. The highest BCUT2D eigenvalue weighted by Crippen LogP contribution is 2.07. The molecule has 0 heterocycles. The number of para-hydroxylation sites is 1. The molecule has 12 heavy (non-hydrogen) atoms. The lowest BCUT2D eigenvalue weighted by molar-refractivity contribution is 0.204. The van der Waals surface area contributed by atoms with Crippen molar-refractivity contribution in [1.29, 1.82) is 0 Å². The first kappa shape index (κ1) is 8.33. The van der Waals surface area contributed by atoms with Gasteiger partial charge in [-0.1, -0.05) is 24.8 Å². The Morgan fingerprint density at radius 3 is 2.67 bits per heavy atom. The van der Waals surface area contributed by atoms with Crippen LogP contribution < -0.4 is 10.1 Å². The molecule has 3 heteroatoms. The van der Waals surface area contributed by atoms with Crippen LogP contribution in [0.4, 0.5) is 4.79 Å². The second kappa shape index (κ2) is 4.18. The van der Waals surface area contributed by atoms with Crippen molar-refractivity contribution < 1.29 is 9.53 Å². The van der Waals surface area contributed by atoms with Gasteiger partial charge in [0.25, 0.3) is 0 Å². The minimum absolute atomic E-state index is 0.511. The molecule has 0 saturated carbocycles. The van der Waals surface area contributed by atoms with Crippen LogP contribution in [-0.4, -0.2) is 6.09 Å². The molecule has 0 saturated heterocycles. The zero-order valence-electron chi connectivity index (χ0n) is 6.49. The molecule has 0 fully saturated rings. The first-order chi connectivity index (χ1) is 5.83. The van der Waals surface area contributed by atoms with Gasteiger partial charge in [-0.15, -0.1) is 0 Å². The van der Waals surface area contributed by atoms with E-state index in [9.17, 15) is 4.79 Å². The number of rotatable bonds is 2. The third-order valence-electron chi connectivity index (χ3n) is 1.17. The molecule has 3 nitrogen and oxygen atoms in total. The topological polar surface area (TPSA) is 38.3 Å². The Morgan fingerprint density at radius 2 is 2.08 bits per heavy atom. The van der Waals surface area contributed by atoms with Gasteiger partial charge in [-0.3, -0.25) is 5.32 Å². The molecule has 0 aliphatic rings. The lowest BCUT2D eigenvalue weighted by atomic mass is 10.3. The average Bonchev–Trinajstić information content (AvgIpc) is 2.06. The second-order valence-electron chi connectivity index (χ2n) is 2.05. The summed E-state index contributed by atoms with van der Waals surface area (Å²) in [6.45, 7) is 3.33. The van der Waals surface area contributed by atoms with Gasteiger partial charge in [-0.05, 0) is 18.3 Å². The van der Waals surface area contributed by atoms with E-state index in [1.165, 1.54) is 6.20 Å². The Balaban J connectivity index is 2.52. The van der Waals surface area contributed by atoms with Gasteiger partial charge in [0.05, 0.1) is 0 Å². The number of hydrogen-bond acceptors (Lipinski definition) is 2. The van der Waals surface area contributed by atoms with Crippen molar-refractivity contribution in [3.63, 3.8) is 0 Å². The monoisotopic (exact) mass is 163 g/mol. The van der Waals surface area contributed by atoms with E-state index in [0.29, 0.717) is 5.75 Å². The summed E-state index contributed by atoms with van der Waals surface area (Å²) in [6.07, 6.45) is 0.738. The van der Waals surface area contributed by atoms with E-state index in [0.717, 1.165) is 0 Å². The third kappa shape index (κ3) is 2.46. The fourth-order valence-electron chi connectivity index (χ4n) is 0.708. The Hall–Kier alpha value is -1.77. The number of hydrogen-bond donors (Lipinski definition) is 1. The predicted octanol–water partition coefficient (Wildman–Crippen LogP) is 1.92. The highest BCUT2D eigenvalue weighted by Gasteiger charge is 1.98. The molecular weight excluding hydrogens is 154 g/mol. The van der Waals surface area contributed by atoms with Gasteiger partial charge in [0, 0.05) is 0 Å². The van der Waals surface area contributed by atoms with E-state index in [-0.39, 0.29) is 0 Å². The van der Waals surface area contributed by atoms with Crippen LogP contribution in [0.5, 0.6) is 5.75 Å². The molecule has 1 amide bonds. The Labute approximate surface area is 70.7 Å². The van der Waals surface area contributed by atoms with Crippen molar-refractivity contribution >= 4 is 6.09 Å². The highest BCUT2D eigenvalue weighted by molar-refractivity contribution is 5.71. The molecular formula is C9H9NO2. The van der Waals surface area contributed by atoms with E-state index >= 15 is 0 Å². The van der Waals surface area contributed by atoms with Crippen molar-refractivity contribution in [2.24, 2.45) is 0 Å². The van der Waals surface area contributed by atoms with Crippen molar-refractivity contribution in [1.82, 2.24) is 5.32 Å². The number of nitrogens with one attached hydrogen (secondary N) is 1. The van der Waals surface area contributed by atoms with Crippen LogP contribution in [0.15, 0.2) is 43.1 Å². The summed E-state index contributed by atoms with van der Waals surface area (Å²) in [5.74, 6) is 0.511. The number of carbonyl (C=O) groups excluding carboxylic acids is 1. The molecule has 62 valence electrons. The van der Waals surface area contributed by atoms with Crippen molar-refractivity contribution in [3.05, 3.63) is 43.1 Å². The van der Waals surface area contributed by atoms with Crippen LogP contribution in [0.3, 0.4) is 0 Å². The zero-order valence-corrected chi connectivity index (χ0v) is 6.49. The summed E-state index contributed by atoms with van der Waals surface area (Å²) in [5.41, 5.74) is 0. The first-order valence-corrected chi connectivity index (χ1v) is 3.47. The van der Waals surface area contributed by atoms with Crippen LogP contribution in [-0.2, 0) is 0 Å². The van der Waals surface area contributed by atoms with E-state index < -0.39 is 6.09 Å². The molecule has 1 aromatic rings. The second-order valence-corrected chi connectivity index (χ2v) is 2.05. The molecule has 1 rings (SSSR count). The molecule has 0 aromatic heterocycles. The lowest BCUT2D eigenvalue weighted by Gasteiger charge is -2.01. The normalized spacial score (nSPS) is 8.67. The Bertz CT molecular complexity index is 269. The fraction of sp³-hybridized carbons (Fsp3) is 0. The van der Waals surface area contributed by atoms with Crippen LogP contribution in [0.2, 0.25) is 0 Å². The summed E-state index contributed by atoms with van der Waals surface area (Å²) in [7, 11) is 0. The fourth-order valence-corrected chi connectivity index (χ4v) is 0.708. The summed E-state index contributed by atoms with van der Waals surface area (Å²) in [6, 6.07) is 8.82. The van der Waals surface area contributed by atoms with Gasteiger partial charge in [0.2, 0.25) is 0 Å². The average molecular weight is 163 g/mol. The first-order valence-electron chi connectivity index (χ1n) is 3.47. The van der Waals surface area contributed by atoms with Crippen LogP contribution in [0.1, 0.15) is 0 Å². The minimum atomic E-state index is -0.531. The highest BCUT2D eigenvalue weighted by atomic mass is 16.5. The van der Waals surface area contributed by atoms with E-state index in [1.807, 2.05) is 6.07 Å². The summed E-state index contributed by atoms with van der Waals surface area (Å²) < 4.78 is 4.83.